The number of aromatic amines is 1. The normalized spacial score (nSPS) is 22.6. The highest BCUT2D eigenvalue weighted by Gasteiger charge is 2.16. The molecule has 0 radical (unpaired) electrons. The quantitative estimate of drug-likeness (QED) is 0.748. The topological polar surface area (TPSA) is 40.7 Å². The Morgan fingerprint density at radius 3 is 2.86 bits per heavy atom. The van der Waals surface area contributed by atoms with E-state index in [1.54, 1.807) is 0 Å². The third kappa shape index (κ3) is 1.98. The van der Waals surface area contributed by atoms with E-state index >= 15 is 0 Å². The molecule has 1 fully saturated rings. The van der Waals surface area contributed by atoms with E-state index < -0.39 is 0 Å². The lowest BCUT2D eigenvalue weighted by Crippen LogP contribution is -2.31. The number of nitrogens with zero attached hydrogens (tertiary/aromatic N) is 1. The smallest absolute Gasteiger partial charge is 0.0657 e. The van der Waals surface area contributed by atoms with Gasteiger partial charge in [-0.1, -0.05) is 0 Å². The van der Waals surface area contributed by atoms with Gasteiger partial charge in [0.2, 0.25) is 0 Å². The highest BCUT2D eigenvalue weighted by atomic mass is 15.1. The number of H-pyrrole nitrogens is 1. The fourth-order valence-electron chi connectivity index (χ4n) is 2.11. The molecule has 1 aliphatic rings. The number of rotatable bonds is 2. The Balaban J connectivity index is 1.99. The third-order valence-electron chi connectivity index (χ3n) is 3.23. The van der Waals surface area contributed by atoms with Crippen molar-refractivity contribution in [3.8, 4) is 0 Å². The summed E-state index contributed by atoms with van der Waals surface area (Å²) in [6, 6.07) is 0. The van der Waals surface area contributed by atoms with Crippen molar-refractivity contribution in [1.82, 2.24) is 15.5 Å². The highest BCUT2D eigenvalue weighted by Crippen LogP contribution is 2.18. The van der Waals surface area contributed by atoms with Crippen LogP contribution in [0, 0.1) is 19.8 Å². The van der Waals surface area contributed by atoms with Gasteiger partial charge in [0.15, 0.2) is 0 Å². The van der Waals surface area contributed by atoms with E-state index in [0.29, 0.717) is 0 Å². The average molecular weight is 193 g/mol. The van der Waals surface area contributed by atoms with Crippen LogP contribution in [-0.2, 0) is 6.42 Å². The van der Waals surface area contributed by atoms with Crippen LogP contribution in [0.5, 0.6) is 0 Å². The van der Waals surface area contributed by atoms with Crippen molar-refractivity contribution in [3.05, 3.63) is 17.0 Å². The summed E-state index contributed by atoms with van der Waals surface area (Å²) < 4.78 is 0. The van der Waals surface area contributed by atoms with Crippen molar-refractivity contribution in [1.29, 1.82) is 0 Å². The lowest BCUT2D eigenvalue weighted by molar-refractivity contribution is 0.373. The molecule has 1 aromatic heterocycles. The minimum Gasteiger partial charge on any atom is -0.316 e. The van der Waals surface area contributed by atoms with Crippen molar-refractivity contribution >= 4 is 0 Å². The maximum absolute atomic E-state index is 4.36. The van der Waals surface area contributed by atoms with E-state index in [1.165, 1.54) is 36.3 Å². The van der Waals surface area contributed by atoms with E-state index in [2.05, 4.69) is 29.4 Å². The molecule has 1 unspecified atom stereocenters. The SMILES string of the molecule is Cc1[nH]nc(CC2CCCNC2)c1C. The van der Waals surface area contributed by atoms with Crippen LogP contribution >= 0.6 is 0 Å². The van der Waals surface area contributed by atoms with Crippen LogP contribution in [0.25, 0.3) is 0 Å². The molecule has 2 rings (SSSR count). The summed E-state index contributed by atoms with van der Waals surface area (Å²) in [7, 11) is 0. The molecule has 78 valence electrons. The number of aromatic nitrogens is 2. The minimum atomic E-state index is 0.783. The van der Waals surface area contributed by atoms with Gasteiger partial charge >= 0.3 is 0 Å². The van der Waals surface area contributed by atoms with Gasteiger partial charge in [0.05, 0.1) is 5.69 Å². The number of piperidine rings is 1. The number of aryl methyl sites for hydroxylation is 1. The number of hydrogen-bond donors (Lipinski definition) is 2. The fourth-order valence-corrected chi connectivity index (χ4v) is 2.11. The molecular formula is C11H19N3. The standard InChI is InChI=1S/C11H19N3/c1-8-9(2)13-14-11(8)6-10-4-3-5-12-7-10/h10,12H,3-7H2,1-2H3,(H,13,14). The first-order valence-corrected chi connectivity index (χ1v) is 5.48. The molecule has 0 amide bonds. The predicted molar refractivity (Wildman–Crippen MR) is 57.4 cm³/mol. The average Bonchev–Trinajstić information content (AvgIpc) is 2.52. The highest BCUT2D eigenvalue weighted by molar-refractivity contribution is 5.22. The van der Waals surface area contributed by atoms with Crippen LogP contribution in [0.2, 0.25) is 0 Å². The number of nitrogens with one attached hydrogen (secondary N) is 2. The molecule has 0 aliphatic carbocycles. The van der Waals surface area contributed by atoms with E-state index in [-0.39, 0.29) is 0 Å². The van der Waals surface area contributed by atoms with Crippen LogP contribution in [0.3, 0.4) is 0 Å². The molecule has 1 saturated heterocycles. The lowest BCUT2D eigenvalue weighted by atomic mass is 9.93. The second-order valence-electron chi connectivity index (χ2n) is 4.34. The molecule has 0 bridgehead atoms. The van der Waals surface area contributed by atoms with E-state index in [1.807, 2.05) is 0 Å². The van der Waals surface area contributed by atoms with Gasteiger partial charge in [-0.25, -0.2) is 0 Å². The van der Waals surface area contributed by atoms with E-state index in [0.717, 1.165) is 18.9 Å². The minimum absolute atomic E-state index is 0.783. The van der Waals surface area contributed by atoms with Crippen LogP contribution in [0.4, 0.5) is 0 Å². The Hall–Kier alpha value is -0.830. The summed E-state index contributed by atoms with van der Waals surface area (Å²) in [5.41, 5.74) is 3.82. The van der Waals surface area contributed by atoms with Gasteiger partial charge in [-0.2, -0.15) is 5.10 Å². The molecule has 3 heteroatoms. The van der Waals surface area contributed by atoms with Crippen LogP contribution < -0.4 is 5.32 Å². The van der Waals surface area contributed by atoms with Crippen molar-refractivity contribution in [2.45, 2.75) is 33.1 Å². The summed E-state index contributed by atoms with van der Waals surface area (Å²) >= 11 is 0. The Kier molecular flexibility index (Phi) is 2.87. The van der Waals surface area contributed by atoms with E-state index in [9.17, 15) is 0 Å². The zero-order chi connectivity index (χ0) is 9.97. The molecule has 1 atom stereocenters. The Labute approximate surface area is 85.3 Å². The van der Waals surface area contributed by atoms with Crippen molar-refractivity contribution in [3.63, 3.8) is 0 Å². The summed E-state index contributed by atoms with van der Waals surface area (Å²) in [4.78, 5) is 0. The van der Waals surface area contributed by atoms with Gasteiger partial charge in [0, 0.05) is 5.69 Å². The lowest BCUT2D eigenvalue weighted by Gasteiger charge is -2.21. The zero-order valence-corrected chi connectivity index (χ0v) is 9.06. The maximum atomic E-state index is 4.36. The monoisotopic (exact) mass is 193 g/mol. The zero-order valence-electron chi connectivity index (χ0n) is 9.06. The van der Waals surface area contributed by atoms with Gasteiger partial charge in [-0.15, -0.1) is 0 Å². The first kappa shape index (κ1) is 9.71. The summed E-state index contributed by atoms with van der Waals surface area (Å²) in [6.45, 7) is 6.59. The summed E-state index contributed by atoms with van der Waals surface area (Å²) in [5.74, 6) is 0.783. The Morgan fingerprint density at radius 2 is 2.29 bits per heavy atom. The molecule has 1 aromatic rings. The molecule has 0 saturated carbocycles. The van der Waals surface area contributed by atoms with Crippen LogP contribution in [0.15, 0.2) is 0 Å². The van der Waals surface area contributed by atoms with Crippen LogP contribution in [0.1, 0.15) is 29.8 Å². The molecule has 14 heavy (non-hydrogen) atoms. The van der Waals surface area contributed by atoms with Gasteiger partial charge in [-0.05, 0) is 57.7 Å². The van der Waals surface area contributed by atoms with Gasteiger partial charge < -0.3 is 5.32 Å². The fraction of sp³-hybridized carbons (Fsp3) is 0.727. The molecule has 3 nitrogen and oxygen atoms in total. The number of hydrogen-bond acceptors (Lipinski definition) is 2. The first-order valence-electron chi connectivity index (χ1n) is 5.48. The van der Waals surface area contributed by atoms with Gasteiger partial charge in [0.25, 0.3) is 0 Å². The van der Waals surface area contributed by atoms with E-state index in [4.69, 9.17) is 0 Å². The molecule has 2 heterocycles. The third-order valence-corrected chi connectivity index (χ3v) is 3.23. The Morgan fingerprint density at radius 1 is 1.43 bits per heavy atom. The van der Waals surface area contributed by atoms with Crippen molar-refractivity contribution in [2.24, 2.45) is 5.92 Å². The van der Waals surface area contributed by atoms with Crippen molar-refractivity contribution in [2.75, 3.05) is 13.1 Å². The van der Waals surface area contributed by atoms with Gasteiger partial charge in [0.1, 0.15) is 0 Å². The molecule has 1 aliphatic heterocycles. The second kappa shape index (κ2) is 4.13. The molecule has 0 spiro atoms. The van der Waals surface area contributed by atoms with Crippen molar-refractivity contribution < 1.29 is 0 Å². The van der Waals surface area contributed by atoms with Gasteiger partial charge in [-0.3, -0.25) is 5.10 Å². The molecule has 2 N–H and O–H groups in total. The predicted octanol–water partition coefficient (Wildman–Crippen LogP) is 1.57. The maximum Gasteiger partial charge on any atom is 0.0657 e. The van der Waals surface area contributed by atoms with Crippen LogP contribution in [-0.4, -0.2) is 23.3 Å². The first-order chi connectivity index (χ1) is 6.77. The second-order valence-corrected chi connectivity index (χ2v) is 4.34. The molecule has 0 aromatic carbocycles. The Bertz CT molecular complexity index is 297. The largest absolute Gasteiger partial charge is 0.316 e. The summed E-state index contributed by atoms with van der Waals surface area (Å²) in [6.07, 6.45) is 3.79. The molecular weight excluding hydrogens is 174 g/mol. The summed E-state index contributed by atoms with van der Waals surface area (Å²) in [5, 5.41) is 10.9.